The summed E-state index contributed by atoms with van der Waals surface area (Å²) in [4.78, 5) is 21.2. The first kappa shape index (κ1) is 16.3. The summed E-state index contributed by atoms with van der Waals surface area (Å²) in [5.41, 5.74) is 10.7. The topological polar surface area (TPSA) is 84.7 Å². The van der Waals surface area contributed by atoms with Crippen molar-refractivity contribution in [3.63, 3.8) is 0 Å². The molecule has 0 saturated heterocycles. The number of para-hydroxylation sites is 1. The second-order valence-electron chi connectivity index (χ2n) is 6.43. The molecule has 0 unspecified atom stereocenters. The Labute approximate surface area is 151 Å². The number of hydrogen-bond acceptors (Lipinski definition) is 5. The van der Waals surface area contributed by atoms with Crippen LogP contribution in [0.1, 0.15) is 39.6 Å². The Morgan fingerprint density at radius 3 is 2.54 bits per heavy atom. The van der Waals surface area contributed by atoms with Gasteiger partial charge in [-0.05, 0) is 51.3 Å². The lowest BCUT2D eigenvalue weighted by Gasteiger charge is -2.08. The highest BCUT2D eigenvalue weighted by molar-refractivity contribution is 5.94. The molecule has 2 N–H and O–H groups in total. The molecule has 3 aromatic rings. The number of nitrogens with zero attached hydrogens (tertiary/aromatic N) is 4. The van der Waals surface area contributed by atoms with Crippen molar-refractivity contribution < 1.29 is 4.79 Å². The lowest BCUT2D eigenvalue weighted by molar-refractivity contribution is 0.0956. The van der Waals surface area contributed by atoms with E-state index in [2.05, 4.69) is 25.9 Å². The van der Waals surface area contributed by atoms with E-state index in [4.69, 9.17) is 0 Å². The number of carbonyl (C=O) groups excluding carboxylic acids is 1. The summed E-state index contributed by atoms with van der Waals surface area (Å²) in [6, 6.07) is 11.8. The van der Waals surface area contributed by atoms with Gasteiger partial charge in [0.1, 0.15) is 0 Å². The molecule has 4 rings (SSSR count). The maximum atomic E-state index is 12.7. The van der Waals surface area contributed by atoms with Gasteiger partial charge in [0.05, 0.1) is 5.69 Å². The lowest BCUT2D eigenvalue weighted by atomic mass is 10.2. The highest BCUT2D eigenvalue weighted by atomic mass is 16.2. The Balaban J connectivity index is 1.59. The van der Waals surface area contributed by atoms with Gasteiger partial charge in [0.15, 0.2) is 5.69 Å². The monoisotopic (exact) mass is 348 g/mol. The Morgan fingerprint density at radius 1 is 1.08 bits per heavy atom. The maximum absolute atomic E-state index is 12.7. The van der Waals surface area contributed by atoms with Gasteiger partial charge in [0.2, 0.25) is 5.95 Å². The molecular weight excluding hydrogens is 328 g/mol. The van der Waals surface area contributed by atoms with E-state index < -0.39 is 0 Å². The fourth-order valence-corrected chi connectivity index (χ4v) is 3.36. The van der Waals surface area contributed by atoms with Crippen molar-refractivity contribution >= 4 is 11.9 Å². The maximum Gasteiger partial charge on any atom is 0.290 e. The fraction of sp³-hybridized carbons (Fsp3) is 0.263. The van der Waals surface area contributed by atoms with E-state index in [0.29, 0.717) is 11.6 Å². The van der Waals surface area contributed by atoms with Gasteiger partial charge in [-0.25, -0.2) is 14.6 Å². The number of rotatable bonds is 4. The summed E-state index contributed by atoms with van der Waals surface area (Å²) in [7, 11) is 0. The van der Waals surface area contributed by atoms with E-state index in [9.17, 15) is 4.79 Å². The predicted molar refractivity (Wildman–Crippen MR) is 98.2 cm³/mol. The number of hydrogen-bond donors (Lipinski definition) is 2. The van der Waals surface area contributed by atoms with E-state index in [0.717, 1.165) is 47.6 Å². The molecule has 0 fully saturated rings. The zero-order chi connectivity index (χ0) is 18.1. The average Bonchev–Trinajstić information content (AvgIpc) is 3.22. The molecule has 26 heavy (non-hydrogen) atoms. The first-order valence-corrected chi connectivity index (χ1v) is 8.66. The number of aromatic nitrogens is 4. The molecule has 0 saturated carbocycles. The Morgan fingerprint density at radius 2 is 1.81 bits per heavy atom. The quantitative estimate of drug-likeness (QED) is 0.708. The van der Waals surface area contributed by atoms with Crippen molar-refractivity contribution in [1.82, 2.24) is 25.2 Å². The first-order chi connectivity index (χ1) is 12.6. The Kier molecular flexibility index (Phi) is 4.12. The van der Waals surface area contributed by atoms with Crippen LogP contribution < -0.4 is 10.9 Å². The van der Waals surface area contributed by atoms with Gasteiger partial charge >= 0.3 is 0 Å². The average molecular weight is 348 g/mol. The summed E-state index contributed by atoms with van der Waals surface area (Å²) in [5, 5.41) is 4.57. The van der Waals surface area contributed by atoms with Gasteiger partial charge in [0.25, 0.3) is 5.91 Å². The smallest absolute Gasteiger partial charge is 0.266 e. The van der Waals surface area contributed by atoms with E-state index >= 15 is 0 Å². The zero-order valence-corrected chi connectivity index (χ0v) is 14.8. The number of amides is 1. The highest BCUT2D eigenvalue weighted by Gasteiger charge is 2.26. The number of fused-ring (bicyclic) bond motifs is 1. The Bertz CT molecular complexity index is 943. The summed E-state index contributed by atoms with van der Waals surface area (Å²) in [6.07, 6.45) is 2.83. The Hall–Kier alpha value is -3.22. The van der Waals surface area contributed by atoms with Crippen LogP contribution in [0.4, 0.5) is 5.95 Å². The molecule has 0 spiro atoms. The van der Waals surface area contributed by atoms with Crippen molar-refractivity contribution in [3.8, 4) is 5.69 Å². The van der Waals surface area contributed by atoms with Crippen LogP contribution in [0, 0.1) is 13.8 Å². The molecule has 0 aliphatic heterocycles. The molecule has 2 aromatic heterocycles. The fourth-order valence-electron chi connectivity index (χ4n) is 3.36. The zero-order valence-electron chi connectivity index (χ0n) is 14.8. The van der Waals surface area contributed by atoms with Gasteiger partial charge in [-0.15, -0.1) is 0 Å². The number of benzene rings is 1. The van der Waals surface area contributed by atoms with Crippen molar-refractivity contribution in [2.45, 2.75) is 33.1 Å². The van der Waals surface area contributed by atoms with Crippen molar-refractivity contribution in [1.29, 1.82) is 0 Å². The minimum atomic E-state index is -0.277. The SMILES string of the molecule is Cc1cc(C)nc(NNC(=O)c2nn(-c3ccccc3)c3c2CCC3)n1. The minimum absolute atomic E-state index is 0.277. The van der Waals surface area contributed by atoms with Crippen LogP contribution >= 0.6 is 0 Å². The second kappa shape index (κ2) is 6.59. The molecule has 2 heterocycles. The molecule has 132 valence electrons. The molecule has 0 atom stereocenters. The molecule has 0 bridgehead atoms. The third-order valence-electron chi connectivity index (χ3n) is 4.42. The van der Waals surface area contributed by atoms with Crippen LogP contribution in [-0.4, -0.2) is 25.7 Å². The molecule has 7 heteroatoms. The number of hydrazine groups is 1. The van der Waals surface area contributed by atoms with Crippen molar-refractivity contribution in [2.75, 3.05) is 5.43 Å². The van der Waals surface area contributed by atoms with Crippen LogP contribution in [0.15, 0.2) is 36.4 Å². The largest absolute Gasteiger partial charge is 0.290 e. The van der Waals surface area contributed by atoms with Gasteiger partial charge in [0, 0.05) is 22.6 Å². The molecule has 1 amide bonds. The van der Waals surface area contributed by atoms with Crippen molar-refractivity contribution in [3.05, 3.63) is 64.7 Å². The van der Waals surface area contributed by atoms with Crippen LogP contribution in [0.2, 0.25) is 0 Å². The summed E-state index contributed by atoms with van der Waals surface area (Å²) in [5.74, 6) is 0.0931. The first-order valence-electron chi connectivity index (χ1n) is 8.66. The predicted octanol–water partition coefficient (Wildman–Crippen LogP) is 2.52. The van der Waals surface area contributed by atoms with Crippen LogP contribution in [-0.2, 0) is 12.8 Å². The number of nitrogens with one attached hydrogen (secondary N) is 2. The van der Waals surface area contributed by atoms with Crippen LogP contribution in [0.3, 0.4) is 0 Å². The lowest BCUT2D eigenvalue weighted by Crippen LogP contribution is -2.31. The van der Waals surface area contributed by atoms with E-state index in [1.54, 1.807) is 0 Å². The van der Waals surface area contributed by atoms with Gasteiger partial charge in [-0.3, -0.25) is 15.6 Å². The third kappa shape index (κ3) is 3.03. The molecule has 1 aliphatic carbocycles. The summed E-state index contributed by atoms with van der Waals surface area (Å²) < 4.78 is 1.88. The number of carbonyl (C=O) groups is 1. The molecule has 7 nitrogen and oxygen atoms in total. The van der Waals surface area contributed by atoms with Gasteiger partial charge < -0.3 is 0 Å². The number of aryl methyl sites for hydroxylation is 2. The van der Waals surface area contributed by atoms with Gasteiger partial charge in [-0.2, -0.15) is 5.10 Å². The van der Waals surface area contributed by atoms with E-state index in [1.165, 1.54) is 0 Å². The van der Waals surface area contributed by atoms with E-state index in [-0.39, 0.29) is 5.91 Å². The normalized spacial score (nSPS) is 12.7. The molecular formula is C19H20N6O. The molecule has 1 aliphatic rings. The standard InChI is InChI=1S/C19H20N6O/c1-12-11-13(2)21-19(20-12)23-22-18(26)17-15-9-6-10-16(15)25(24-17)14-7-4-3-5-8-14/h3-5,7-8,11H,6,9-10H2,1-2H3,(H,22,26)(H,20,21,23). The second-order valence-corrected chi connectivity index (χ2v) is 6.43. The van der Waals surface area contributed by atoms with Gasteiger partial charge in [-0.1, -0.05) is 18.2 Å². The number of anilines is 1. The van der Waals surface area contributed by atoms with Crippen molar-refractivity contribution in [2.24, 2.45) is 0 Å². The van der Waals surface area contributed by atoms with Crippen LogP contribution in [0.25, 0.3) is 5.69 Å². The van der Waals surface area contributed by atoms with Crippen LogP contribution in [0.5, 0.6) is 0 Å². The minimum Gasteiger partial charge on any atom is -0.266 e. The summed E-state index contributed by atoms with van der Waals surface area (Å²) in [6.45, 7) is 3.77. The molecule has 0 radical (unpaired) electrons. The molecule has 1 aromatic carbocycles. The summed E-state index contributed by atoms with van der Waals surface area (Å²) >= 11 is 0. The highest BCUT2D eigenvalue weighted by Crippen LogP contribution is 2.27. The third-order valence-corrected chi connectivity index (χ3v) is 4.42. The van der Waals surface area contributed by atoms with E-state index in [1.807, 2.05) is 54.9 Å².